The molecule has 1 aliphatic rings. The van der Waals surface area contributed by atoms with Gasteiger partial charge in [-0.05, 0) is 18.1 Å². The minimum atomic E-state index is -2.52. The van der Waals surface area contributed by atoms with Gasteiger partial charge in [0.05, 0.1) is 13.3 Å². The Morgan fingerprint density at radius 3 is 2.92 bits per heavy atom. The molecule has 1 saturated carbocycles. The third-order valence-electron chi connectivity index (χ3n) is 4.48. The zero-order valence-electron chi connectivity index (χ0n) is 13.5. The van der Waals surface area contributed by atoms with E-state index in [2.05, 4.69) is 15.3 Å². The van der Waals surface area contributed by atoms with E-state index < -0.39 is 11.9 Å². The summed E-state index contributed by atoms with van der Waals surface area (Å²) in [5.41, 5.74) is 2.65. The van der Waals surface area contributed by atoms with E-state index in [1.165, 1.54) is 7.11 Å². The van der Waals surface area contributed by atoms with Crippen molar-refractivity contribution in [2.24, 2.45) is 5.92 Å². The number of H-pyrrole nitrogens is 1. The molecule has 0 atom stereocenters. The highest BCUT2D eigenvalue weighted by Crippen LogP contribution is 2.43. The molecule has 0 unspecified atom stereocenters. The largest absolute Gasteiger partial charge is 0.464 e. The second-order valence-electron chi connectivity index (χ2n) is 6.43. The first-order valence-electron chi connectivity index (χ1n) is 7.93. The van der Waals surface area contributed by atoms with Crippen LogP contribution in [-0.2, 0) is 11.3 Å². The number of carbonyl (C=O) groups is 1. The smallest absolute Gasteiger partial charge is 0.354 e. The van der Waals surface area contributed by atoms with Crippen LogP contribution in [0.3, 0.4) is 0 Å². The molecule has 8 heteroatoms. The van der Waals surface area contributed by atoms with Gasteiger partial charge in [0, 0.05) is 35.9 Å². The molecule has 1 fully saturated rings. The Bertz CT molecular complexity index is 939. The van der Waals surface area contributed by atoms with Crippen molar-refractivity contribution in [3.8, 4) is 11.3 Å². The second kappa shape index (κ2) is 5.65. The van der Waals surface area contributed by atoms with E-state index in [-0.39, 0.29) is 18.8 Å². The number of aromatic nitrogens is 4. The van der Waals surface area contributed by atoms with Gasteiger partial charge < -0.3 is 9.72 Å². The molecule has 2 heterocycles. The summed E-state index contributed by atoms with van der Waals surface area (Å²) in [4.78, 5) is 14.6. The minimum Gasteiger partial charge on any atom is -0.464 e. The lowest BCUT2D eigenvalue weighted by molar-refractivity contribution is -0.114. The maximum atomic E-state index is 12.9. The van der Waals surface area contributed by atoms with Crippen LogP contribution in [0.4, 0.5) is 8.78 Å². The van der Waals surface area contributed by atoms with Crippen LogP contribution in [-0.4, -0.2) is 39.0 Å². The molecule has 3 aromatic rings. The van der Waals surface area contributed by atoms with E-state index in [1.54, 1.807) is 16.9 Å². The van der Waals surface area contributed by atoms with Gasteiger partial charge in [-0.15, -0.1) is 5.10 Å². The maximum Gasteiger partial charge on any atom is 0.354 e. The molecular weight excluding hydrogens is 330 g/mol. The van der Waals surface area contributed by atoms with E-state index in [0.717, 1.165) is 16.5 Å². The van der Waals surface area contributed by atoms with Gasteiger partial charge in [-0.1, -0.05) is 17.3 Å². The van der Waals surface area contributed by atoms with E-state index in [0.29, 0.717) is 17.9 Å². The molecule has 0 amide bonds. The number of ether oxygens (including phenoxy) is 1. The fraction of sp³-hybridized carbons (Fsp3) is 0.353. The second-order valence-corrected chi connectivity index (χ2v) is 6.43. The number of hydrogen-bond acceptors (Lipinski definition) is 4. The Balaban J connectivity index is 1.54. The first kappa shape index (κ1) is 15.7. The average molecular weight is 346 g/mol. The van der Waals surface area contributed by atoms with Gasteiger partial charge in [-0.2, -0.15) is 0 Å². The molecule has 0 radical (unpaired) electrons. The van der Waals surface area contributed by atoms with Crippen LogP contribution < -0.4 is 0 Å². The van der Waals surface area contributed by atoms with Crippen molar-refractivity contribution < 1.29 is 18.3 Å². The normalized spacial score (nSPS) is 16.8. The summed E-state index contributed by atoms with van der Waals surface area (Å²) in [7, 11) is 1.33. The van der Waals surface area contributed by atoms with Gasteiger partial charge in [-0.25, -0.2) is 13.6 Å². The van der Waals surface area contributed by atoms with Crippen LogP contribution in [0.15, 0.2) is 30.5 Å². The van der Waals surface area contributed by atoms with Crippen LogP contribution in [0.1, 0.15) is 23.3 Å². The lowest BCUT2D eigenvalue weighted by Gasteiger charge is -2.34. The molecule has 1 N–H and O–H groups in total. The molecule has 130 valence electrons. The zero-order chi connectivity index (χ0) is 17.6. The van der Waals surface area contributed by atoms with Crippen molar-refractivity contribution in [1.82, 2.24) is 20.0 Å². The number of halogens is 2. The van der Waals surface area contributed by atoms with Crippen molar-refractivity contribution in [3.05, 3.63) is 36.2 Å². The third-order valence-corrected chi connectivity index (χ3v) is 4.48. The number of benzene rings is 1. The fourth-order valence-corrected chi connectivity index (χ4v) is 3.20. The topological polar surface area (TPSA) is 72.8 Å². The van der Waals surface area contributed by atoms with Crippen LogP contribution in [0, 0.1) is 5.92 Å². The van der Waals surface area contributed by atoms with Crippen molar-refractivity contribution in [2.75, 3.05) is 7.11 Å². The molecule has 6 nitrogen and oxygen atoms in total. The summed E-state index contributed by atoms with van der Waals surface area (Å²) >= 11 is 0. The number of carbonyl (C=O) groups excluding carboxylic acids is 1. The fourth-order valence-electron chi connectivity index (χ4n) is 3.20. The number of methoxy groups -OCH3 is 1. The molecule has 1 aromatic carbocycles. The predicted octanol–water partition coefficient (Wildman–Crippen LogP) is 3.26. The van der Waals surface area contributed by atoms with Crippen molar-refractivity contribution in [3.63, 3.8) is 0 Å². The molecule has 25 heavy (non-hydrogen) atoms. The first-order chi connectivity index (χ1) is 11.9. The Kier molecular flexibility index (Phi) is 3.55. The number of esters is 1. The highest BCUT2D eigenvalue weighted by Gasteiger charge is 2.45. The van der Waals surface area contributed by atoms with E-state index in [4.69, 9.17) is 4.74 Å². The average Bonchev–Trinajstić information content (AvgIpc) is 3.18. The molecule has 2 aromatic heterocycles. The number of nitrogens with one attached hydrogen (secondary N) is 1. The SMILES string of the molecule is COC(=O)c1cc2ccc(-c3cn(CC4CC(F)(F)C4)nn3)cc2[nH]1. The molecular formula is C17H16F2N4O2. The highest BCUT2D eigenvalue weighted by atomic mass is 19.3. The predicted molar refractivity (Wildman–Crippen MR) is 86.3 cm³/mol. The molecule has 0 aliphatic heterocycles. The Morgan fingerprint density at radius 1 is 1.40 bits per heavy atom. The number of hydrogen-bond donors (Lipinski definition) is 1. The third kappa shape index (κ3) is 2.99. The quantitative estimate of drug-likeness (QED) is 0.736. The van der Waals surface area contributed by atoms with Crippen LogP contribution in [0.2, 0.25) is 0 Å². The van der Waals surface area contributed by atoms with Gasteiger partial charge in [-0.3, -0.25) is 4.68 Å². The van der Waals surface area contributed by atoms with E-state index in [9.17, 15) is 13.6 Å². The Labute approximate surface area is 141 Å². The first-order valence-corrected chi connectivity index (χ1v) is 7.93. The molecule has 0 bridgehead atoms. The number of alkyl halides is 2. The van der Waals surface area contributed by atoms with E-state index in [1.807, 2.05) is 18.2 Å². The number of aromatic amines is 1. The van der Waals surface area contributed by atoms with Crippen LogP contribution in [0.5, 0.6) is 0 Å². The summed E-state index contributed by atoms with van der Waals surface area (Å²) < 4.78 is 32.1. The number of rotatable bonds is 4. The lowest BCUT2D eigenvalue weighted by atomic mass is 9.81. The summed E-state index contributed by atoms with van der Waals surface area (Å²) in [5.74, 6) is -3.01. The van der Waals surface area contributed by atoms with Crippen molar-refractivity contribution in [2.45, 2.75) is 25.3 Å². The van der Waals surface area contributed by atoms with Crippen LogP contribution in [0.25, 0.3) is 22.2 Å². The molecule has 0 saturated heterocycles. The van der Waals surface area contributed by atoms with Crippen LogP contribution >= 0.6 is 0 Å². The highest BCUT2D eigenvalue weighted by molar-refractivity contribution is 5.95. The summed E-state index contributed by atoms with van der Waals surface area (Å²) in [5, 5.41) is 9.03. The zero-order valence-corrected chi connectivity index (χ0v) is 13.5. The number of nitrogens with zero attached hydrogens (tertiary/aromatic N) is 3. The lowest BCUT2D eigenvalue weighted by Crippen LogP contribution is -2.37. The van der Waals surface area contributed by atoms with Gasteiger partial charge in [0.15, 0.2) is 0 Å². The van der Waals surface area contributed by atoms with Gasteiger partial charge in [0.2, 0.25) is 5.92 Å². The standard InChI is InChI=1S/C17H16F2N4O2/c1-25-16(24)14-5-11-2-3-12(4-13(11)20-14)15-9-23(22-21-15)8-10-6-17(18,19)7-10/h2-5,9-10,20H,6-8H2,1H3. The monoisotopic (exact) mass is 346 g/mol. The van der Waals surface area contributed by atoms with Crippen molar-refractivity contribution in [1.29, 1.82) is 0 Å². The summed E-state index contributed by atoms with van der Waals surface area (Å²) in [6.07, 6.45) is 1.57. The summed E-state index contributed by atoms with van der Waals surface area (Å²) in [6, 6.07) is 7.34. The Morgan fingerprint density at radius 2 is 2.20 bits per heavy atom. The van der Waals surface area contributed by atoms with E-state index >= 15 is 0 Å². The minimum absolute atomic E-state index is 0.0574. The molecule has 1 aliphatic carbocycles. The molecule has 0 spiro atoms. The Hall–Kier alpha value is -2.77. The van der Waals surface area contributed by atoms with Crippen molar-refractivity contribution >= 4 is 16.9 Å². The van der Waals surface area contributed by atoms with Gasteiger partial charge in [0.1, 0.15) is 11.4 Å². The maximum absolute atomic E-state index is 12.9. The molecule has 4 rings (SSSR count). The number of fused-ring (bicyclic) bond motifs is 1. The van der Waals surface area contributed by atoms with Gasteiger partial charge >= 0.3 is 5.97 Å². The summed E-state index contributed by atoms with van der Waals surface area (Å²) in [6.45, 7) is 0.444. The van der Waals surface area contributed by atoms with Gasteiger partial charge in [0.25, 0.3) is 0 Å².